The van der Waals surface area contributed by atoms with Crippen LogP contribution in [0.2, 0.25) is 0 Å². The lowest BCUT2D eigenvalue weighted by molar-refractivity contribution is -0.388. The summed E-state index contributed by atoms with van der Waals surface area (Å²) in [6.07, 6.45) is 0.144. The highest BCUT2D eigenvalue weighted by molar-refractivity contribution is 7.90. The summed E-state index contributed by atoms with van der Waals surface area (Å²) in [6, 6.07) is 7.19. The number of rotatable bonds is 8. The van der Waals surface area contributed by atoms with Gasteiger partial charge in [0, 0.05) is 32.9 Å². The van der Waals surface area contributed by atoms with Crippen LogP contribution in [0.1, 0.15) is 11.8 Å². The molecule has 13 heteroatoms. The minimum absolute atomic E-state index is 0.215. The minimum atomic E-state index is -4.41. The Kier molecular flexibility index (Phi) is 6.46. The quantitative estimate of drug-likeness (QED) is 0.445. The van der Waals surface area contributed by atoms with Crippen molar-refractivity contribution in [1.82, 2.24) is 14.0 Å². The van der Waals surface area contributed by atoms with Gasteiger partial charge in [-0.3, -0.25) is 15.1 Å². The average Bonchev–Trinajstić information content (AvgIpc) is 2.66. The third-order valence-corrected chi connectivity index (χ3v) is 6.97. The monoisotopic (exact) mass is 430 g/mol. The van der Waals surface area contributed by atoms with Gasteiger partial charge in [0.25, 0.3) is 5.69 Å². The van der Waals surface area contributed by atoms with Crippen molar-refractivity contribution in [2.45, 2.75) is 15.9 Å². The fourth-order valence-electron chi connectivity index (χ4n) is 2.18. The zero-order valence-electron chi connectivity index (χ0n) is 14.9. The highest BCUT2D eigenvalue weighted by Crippen LogP contribution is 2.28. The molecule has 0 saturated heterocycles. The molecule has 0 unspecified atom stereocenters. The molecule has 1 atom stereocenters. The largest absolute Gasteiger partial charge is 0.385 e. The van der Waals surface area contributed by atoms with Crippen LogP contribution in [-0.4, -0.2) is 56.8 Å². The number of hydrogen-bond donors (Lipinski definition) is 2. The lowest BCUT2D eigenvalue weighted by atomic mass is 10.2. The van der Waals surface area contributed by atoms with Crippen molar-refractivity contribution in [2.24, 2.45) is 0 Å². The number of nitrogens with one attached hydrogen (secondary N) is 1. The van der Waals surface area contributed by atoms with E-state index in [-0.39, 0.29) is 5.69 Å². The summed E-state index contributed by atoms with van der Waals surface area (Å²) in [6.45, 7) is -0.478. The highest BCUT2D eigenvalue weighted by Gasteiger charge is 2.30. The Morgan fingerprint density at radius 2 is 1.89 bits per heavy atom. The number of nitrogens with zero attached hydrogens (tertiary/aromatic N) is 3. The van der Waals surface area contributed by atoms with Gasteiger partial charge in [0.2, 0.25) is 20.0 Å². The Labute approximate surface area is 161 Å². The number of aliphatic hydroxyl groups is 1. The second kappa shape index (κ2) is 8.28. The van der Waals surface area contributed by atoms with Crippen molar-refractivity contribution in [3.63, 3.8) is 0 Å². The summed E-state index contributed by atoms with van der Waals surface area (Å²) in [7, 11) is -5.92. The molecule has 0 radical (unpaired) electrons. The van der Waals surface area contributed by atoms with Crippen LogP contribution in [-0.2, 0) is 20.0 Å². The first-order valence-electron chi connectivity index (χ1n) is 7.76. The van der Waals surface area contributed by atoms with Crippen molar-refractivity contribution in [2.75, 3.05) is 20.6 Å². The number of pyridine rings is 1. The summed E-state index contributed by atoms with van der Waals surface area (Å²) in [5.74, 6) is 0. The molecule has 0 amide bonds. The minimum Gasteiger partial charge on any atom is -0.385 e. The molecule has 0 aliphatic rings. The topological polar surface area (TPSA) is 160 Å². The second-order valence-corrected chi connectivity index (χ2v) is 9.68. The molecule has 0 spiro atoms. The van der Waals surface area contributed by atoms with Crippen molar-refractivity contribution in [3.8, 4) is 0 Å². The van der Waals surface area contributed by atoms with Crippen LogP contribution in [0.5, 0.6) is 0 Å². The molecular formula is C15H18N4O7S2. The van der Waals surface area contributed by atoms with Crippen LogP contribution in [0, 0.1) is 10.1 Å². The molecule has 0 aliphatic carbocycles. The zero-order chi connectivity index (χ0) is 21.1. The van der Waals surface area contributed by atoms with Crippen LogP contribution in [0.3, 0.4) is 0 Å². The normalized spacial score (nSPS) is 13.4. The molecule has 0 aliphatic heterocycles. The lowest BCUT2D eigenvalue weighted by Gasteiger charge is -2.14. The second-order valence-electron chi connectivity index (χ2n) is 5.80. The van der Waals surface area contributed by atoms with Gasteiger partial charge >= 0.3 is 0 Å². The molecule has 0 saturated carbocycles. The molecule has 11 nitrogen and oxygen atoms in total. The maximum absolute atomic E-state index is 12.5. The molecule has 1 aromatic carbocycles. The first-order valence-corrected chi connectivity index (χ1v) is 10.7. The van der Waals surface area contributed by atoms with E-state index in [4.69, 9.17) is 0 Å². The molecule has 152 valence electrons. The van der Waals surface area contributed by atoms with Gasteiger partial charge in [0.15, 0.2) is 4.90 Å². The third-order valence-electron chi connectivity index (χ3n) is 3.69. The SMILES string of the molecule is CN(C)S(=O)(=O)c1ccc(S(=O)(=O)NC[C@@H](O)c2ccccn2)c([N+](=O)[O-])c1. The molecule has 2 rings (SSSR count). The van der Waals surface area contributed by atoms with E-state index in [0.717, 1.165) is 16.4 Å². The van der Waals surface area contributed by atoms with Crippen LogP contribution >= 0.6 is 0 Å². The van der Waals surface area contributed by atoms with E-state index < -0.39 is 53.1 Å². The summed E-state index contributed by atoms with van der Waals surface area (Å²) in [5.41, 5.74) is -0.685. The van der Waals surface area contributed by atoms with Crippen LogP contribution < -0.4 is 4.72 Å². The molecule has 0 fully saturated rings. The van der Waals surface area contributed by atoms with Crippen molar-refractivity contribution < 1.29 is 26.9 Å². The van der Waals surface area contributed by atoms with E-state index in [0.29, 0.717) is 6.07 Å². The average molecular weight is 430 g/mol. The van der Waals surface area contributed by atoms with Crippen LogP contribution in [0.25, 0.3) is 0 Å². The number of aromatic nitrogens is 1. The Balaban J connectivity index is 2.36. The third kappa shape index (κ3) is 4.69. The van der Waals surface area contributed by atoms with Gasteiger partial charge in [0.1, 0.15) is 6.10 Å². The zero-order valence-corrected chi connectivity index (χ0v) is 16.5. The van der Waals surface area contributed by atoms with Gasteiger partial charge in [-0.2, -0.15) is 0 Å². The van der Waals surface area contributed by atoms with E-state index in [9.17, 15) is 32.1 Å². The number of aliphatic hydroxyl groups excluding tert-OH is 1. The maximum Gasteiger partial charge on any atom is 0.290 e. The number of benzene rings is 1. The molecule has 2 N–H and O–H groups in total. The van der Waals surface area contributed by atoms with Crippen molar-refractivity contribution >= 4 is 25.7 Å². The Bertz CT molecular complexity index is 1070. The molecule has 0 bridgehead atoms. The van der Waals surface area contributed by atoms with Crippen LogP contribution in [0.15, 0.2) is 52.4 Å². The smallest absolute Gasteiger partial charge is 0.290 e. The Morgan fingerprint density at radius 1 is 1.21 bits per heavy atom. The predicted octanol–water partition coefficient (Wildman–Crippen LogP) is 0.252. The predicted molar refractivity (Wildman–Crippen MR) is 98.4 cm³/mol. The Hall–Kier alpha value is -2.45. The van der Waals surface area contributed by atoms with E-state index in [1.54, 1.807) is 12.1 Å². The Morgan fingerprint density at radius 3 is 2.43 bits per heavy atom. The molecular weight excluding hydrogens is 412 g/mol. The summed E-state index contributed by atoms with van der Waals surface area (Å²) < 4.78 is 52.2. The van der Waals surface area contributed by atoms with Gasteiger partial charge in [-0.25, -0.2) is 25.9 Å². The van der Waals surface area contributed by atoms with E-state index in [1.807, 2.05) is 0 Å². The van der Waals surface area contributed by atoms with Gasteiger partial charge in [-0.05, 0) is 24.3 Å². The van der Waals surface area contributed by atoms with E-state index >= 15 is 0 Å². The van der Waals surface area contributed by atoms with Gasteiger partial charge in [-0.1, -0.05) is 6.07 Å². The van der Waals surface area contributed by atoms with Crippen LogP contribution in [0.4, 0.5) is 5.69 Å². The molecule has 2 aromatic rings. The molecule has 1 heterocycles. The van der Waals surface area contributed by atoms with Gasteiger partial charge in [-0.15, -0.1) is 0 Å². The number of hydrogen-bond acceptors (Lipinski definition) is 8. The fourth-order valence-corrected chi connectivity index (χ4v) is 4.29. The molecule has 28 heavy (non-hydrogen) atoms. The number of nitro groups is 1. The standard InChI is InChI=1S/C15H18N4O7S2/c1-18(2)28(25,26)11-6-7-15(13(9-11)19(21)22)27(23,24)17-10-14(20)12-5-3-4-8-16-12/h3-9,14,17,20H,10H2,1-2H3/t14-/m1/s1. The molecule has 1 aromatic heterocycles. The van der Waals surface area contributed by atoms with E-state index in [2.05, 4.69) is 9.71 Å². The maximum atomic E-state index is 12.5. The first kappa shape index (κ1) is 21.8. The number of sulfonamides is 2. The van der Waals surface area contributed by atoms with Crippen molar-refractivity contribution in [3.05, 3.63) is 58.4 Å². The summed E-state index contributed by atoms with van der Waals surface area (Å²) >= 11 is 0. The highest BCUT2D eigenvalue weighted by atomic mass is 32.2. The lowest BCUT2D eigenvalue weighted by Crippen LogP contribution is -2.29. The van der Waals surface area contributed by atoms with E-state index in [1.165, 1.54) is 26.4 Å². The van der Waals surface area contributed by atoms with Gasteiger partial charge < -0.3 is 5.11 Å². The summed E-state index contributed by atoms with van der Waals surface area (Å²) in [5, 5.41) is 21.3. The fraction of sp³-hybridized carbons (Fsp3) is 0.267. The van der Waals surface area contributed by atoms with Crippen molar-refractivity contribution in [1.29, 1.82) is 0 Å². The first-order chi connectivity index (χ1) is 13.0. The summed E-state index contributed by atoms with van der Waals surface area (Å²) in [4.78, 5) is 13.1. The van der Waals surface area contributed by atoms with Gasteiger partial charge in [0.05, 0.1) is 15.5 Å². The number of nitro benzene ring substituents is 1.